The number of halogens is 2. The number of ether oxygens (including phenoxy) is 3. The van der Waals surface area contributed by atoms with Crippen LogP contribution in [0.1, 0.15) is 12.0 Å². The van der Waals surface area contributed by atoms with Gasteiger partial charge in [0.05, 0.1) is 11.0 Å². The van der Waals surface area contributed by atoms with Crippen molar-refractivity contribution in [3.8, 4) is 5.75 Å². The Morgan fingerprint density at radius 3 is 2.62 bits per heavy atom. The summed E-state index contributed by atoms with van der Waals surface area (Å²) in [6.07, 6.45) is 1.04. The van der Waals surface area contributed by atoms with Crippen LogP contribution in [0.15, 0.2) is 59.0 Å². The summed E-state index contributed by atoms with van der Waals surface area (Å²) in [6, 6.07) is 8.11. The molecule has 1 amide bonds. The highest BCUT2D eigenvalue weighted by Gasteiger charge is 2.37. The maximum absolute atomic E-state index is 13.7. The molecular formula is C21H19F2NO7S. The molecule has 0 spiro atoms. The Labute approximate surface area is 182 Å². The van der Waals surface area contributed by atoms with E-state index in [-0.39, 0.29) is 58.9 Å². The zero-order valence-electron chi connectivity index (χ0n) is 16.6. The molecule has 1 fully saturated rings. The summed E-state index contributed by atoms with van der Waals surface area (Å²) in [5.41, 5.74) is 0.225. The molecule has 2 aromatic rings. The molecule has 1 N–H and O–H groups in total. The fourth-order valence-corrected chi connectivity index (χ4v) is 4.54. The average molecular weight is 467 g/mol. The average Bonchev–Trinajstić information content (AvgIpc) is 3.36. The van der Waals surface area contributed by atoms with E-state index in [1.54, 1.807) is 0 Å². The molecule has 1 saturated heterocycles. The lowest BCUT2D eigenvalue weighted by Gasteiger charge is -2.16. The Kier molecular flexibility index (Phi) is 6.24. The van der Waals surface area contributed by atoms with Gasteiger partial charge in [-0.05, 0) is 48.5 Å². The van der Waals surface area contributed by atoms with Gasteiger partial charge in [-0.25, -0.2) is 22.3 Å². The second-order valence-electron chi connectivity index (χ2n) is 7.29. The predicted molar refractivity (Wildman–Crippen MR) is 105 cm³/mol. The van der Waals surface area contributed by atoms with Crippen LogP contribution in [0.25, 0.3) is 0 Å². The number of carbonyl (C=O) groups excluding carboxylic acids is 1. The van der Waals surface area contributed by atoms with Gasteiger partial charge in [0.15, 0.2) is 15.7 Å². The highest BCUT2D eigenvalue weighted by atomic mass is 32.2. The summed E-state index contributed by atoms with van der Waals surface area (Å²) < 4.78 is 67.9. The van der Waals surface area contributed by atoms with Crippen LogP contribution >= 0.6 is 0 Å². The molecule has 0 saturated carbocycles. The normalized spacial score (nSPS) is 20.0. The maximum atomic E-state index is 13.7. The fraction of sp³-hybridized carbons (Fsp3) is 0.286. The van der Waals surface area contributed by atoms with Gasteiger partial charge in [-0.1, -0.05) is 0 Å². The molecule has 11 heteroatoms. The van der Waals surface area contributed by atoms with E-state index in [0.29, 0.717) is 0 Å². The van der Waals surface area contributed by atoms with Gasteiger partial charge in [-0.15, -0.1) is 0 Å². The van der Waals surface area contributed by atoms with Crippen LogP contribution < -0.4 is 4.74 Å². The van der Waals surface area contributed by atoms with E-state index < -0.39 is 33.3 Å². The molecule has 170 valence electrons. The lowest BCUT2D eigenvalue weighted by molar-refractivity contribution is -0.156. The van der Waals surface area contributed by atoms with E-state index in [9.17, 15) is 27.2 Å². The lowest BCUT2D eigenvalue weighted by atomic mass is 10.2. The molecule has 32 heavy (non-hydrogen) atoms. The van der Waals surface area contributed by atoms with Crippen molar-refractivity contribution in [2.24, 2.45) is 0 Å². The summed E-state index contributed by atoms with van der Waals surface area (Å²) in [5, 5.41) is 10.2. The van der Waals surface area contributed by atoms with Crippen LogP contribution in [-0.4, -0.2) is 49.5 Å². The van der Waals surface area contributed by atoms with Gasteiger partial charge in [-0.3, -0.25) is 10.0 Å². The SMILES string of the molecule is O=C(C1=CC2OCOC2C1)N(O)CS(=O)(=O)c1ccc(OCc2cc(F)ccc2F)cc1. The van der Waals surface area contributed by atoms with Crippen molar-refractivity contribution in [3.05, 3.63) is 71.3 Å². The minimum absolute atomic E-state index is 0.0114. The number of hydroxylamine groups is 2. The van der Waals surface area contributed by atoms with Crippen molar-refractivity contribution < 1.29 is 41.4 Å². The number of amides is 1. The number of sulfone groups is 1. The molecule has 2 aromatic carbocycles. The second kappa shape index (κ2) is 8.94. The lowest BCUT2D eigenvalue weighted by Crippen LogP contribution is -2.33. The summed E-state index contributed by atoms with van der Waals surface area (Å²) in [5.74, 6) is -2.79. The van der Waals surface area contributed by atoms with Gasteiger partial charge in [0.25, 0.3) is 5.91 Å². The van der Waals surface area contributed by atoms with Crippen LogP contribution in [0, 0.1) is 11.6 Å². The number of hydrogen-bond acceptors (Lipinski definition) is 7. The summed E-state index contributed by atoms with van der Waals surface area (Å²) >= 11 is 0. The van der Waals surface area contributed by atoms with E-state index >= 15 is 0 Å². The number of benzene rings is 2. The number of nitrogens with zero attached hydrogens (tertiary/aromatic N) is 1. The number of fused-ring (bicyclic) bond motifs is 1. The topological polar surface area (TPSA) is 102 Å². The molecule has 2 aliphatic rings. The van der Waals surface area contributed by atoms with Crippen molar-refractivity contribution in [1.82, 2.24) is 5.06 Å². The van der Waals surface area contributed by atoms with Crippen LogP contribution in [0.2, 0.25) is 0 Å². The van der Waals surface area contributed by atoms with Gasteiger partial charge < -0.3 is 14.2 Å². The van der Waals surface area contributed by atoms with Crippen molar-refractivity contribution in [3.63, 3.8) is 0 Å². The van der Waals surface area contributed by atoms with E-state index in [1.807, 2.05) is 0 Å². The van der Waals surface area contributed by atoms with Crippen LogP contribution in [0.4, 0.5) is 8.78 Å². The third kappa shape index (κ3) is 4.80. The Morgan fingerprint density at radius 1 is 1.16 bits per heavy atom. The smallest absolute Gasteiger partial charge is 0.274 e. The summed E-state index contributed by atoms with van der Waals surface area (Å²) in [6.45, 7) is -0.124. The molecule has 4 rings (SSSR count). The molecular weight excluding hydrogens is 448 g/mol. The largest absolute Gasteiger partial charge is 0.489 e. The number of rotatable bonds is 7. The van der Waals surface area contributed by atoms with Gasteiger partial charge in [0.1, 0.15) is 36.9 Å². The van der Waals surface area contributed by atoms with Crippen molar-refractivity contribution in [2.75, 3.05) is 12.7 Å². The van der Waals surface area contributed by atoms with Gasteiger partial charge >= 0.3 is 0 Å². The monoisotopic (exact) mass is 467 g/mol. The number of carbonyl (C=O) groups is 1. The van der Waals surface area contributed by atoms with Gasteiger partial charge in [0, 0.05) is 17.6 Å². The minimum Gasteiger partial charge on any atom is -0.489 e. The third-order valence-corrected chi connectivity index (χ3v) is 6.66. The highest BCUT2D eigenvalue weighted by molar-refractivity contribution is 7.91. The molecule has 0 radical (unpaired) electrons. The summed E-state index contributed by atoms with van der Waals surface area (Å²) in [4.78, 5) is 12.2. The molecule has 2 unspecified atom stereocenters. The quantitative estimate of drug-likeness (QED) is 0.493. The van der Waals surface area contributed by atoms with Crippen LogP contribution in [0.5, 0.6) is 5.75 Å². The Hall–Kier alpha value is -2.86. The summed E-state index contributed by atoms with van der Waals surface area (Å²) in [7, 11) is -4.05. The zero-order chi connectivity index (χ0) is 22.9. The third-order valence-electron chi connectivity index (χ3n) is 5.08. The second-order valence-corrected chi connectivity index (χ2v) is 9.25. The van der Waals surface area contributed by atoms with Crippen molar-refractivity contribution in [2.45, 2.75) is 30.1 Å². The van der Waals surface area contributed by atoms with Crippen molar-refractivity contribution in [1.29, 1.82) is 0 Å². The predicted octanol–water partition coefficient (Wildman–Crippen LogP) is 2.56. The molecule has 1 aliphatic carbocycles. The van der Waals surface area contributed by atoms with Crippen molar-refractivity contribution >= 4 is 15.7 Å². The van der Waals surface area contributed by atoms with Gasteiger partial charge in [0.2, 0.25) is 0 Å². The standard InChI is InChI=1S/C21H19F2NO7S/c22-15-1-6-18(23)14(7-15)10-29-16-2-4-17(5-3-16)32(27,28)11-24(26)21(25)13-8-19-20(9-13)31-12-30-19/h1-8,19-20,26H,9-12H2. The maximum Gasteiger partial charge on any atom is 0.274 e. The first-order valence-electron chi connectivity index (χ1n) is 9.57. The van der Waals surface area contributed by atoms with E-state index in [2.05, 4.69) is 0 Å². The first-order valence-corrected chi connectivity index (χ1v) is 11.2. The molecule has 0 bridgehead atoms. The Bertz CT molecular complexity index is 1150. The van der Waals surface area contributed by atoms with E-state index in [0.717, 1.165) is 18.2 Å². The van der Waals surface area contributed by atoms with Crippen LogP contribution in [0.3, 0.4) is 0 Å². The number of hydrogen-bond donors (Lipinski definition) is 1. The highest BCUT2D eigenvalue weighted by Crippen LogP contribution is 2.30. The zero-order valence-corrected chi connectivity index (χ0v) is 17.4. The van der Waals surface area contributed by atoms with Crippen LogP contribution in [-0.2, 0) is 30.7 Å². The first kappa shape index (κ1) is 22.3. The molecule has 0 aromatic heterocycles. The van der Waals surface area contributed by atoms with Gasteiger partial charge in [-0.2, -0.15) is 0 Å². The molecule has 1 aliphatic heterocycles. The molecule has 1 heterocycles. The molecule has 2 atom stereocenters. The Balaban J connectivity index is 1.37. The minimum atomic E-state index is -4.05. The molecule has 8 nitrogen and oxygen atoms in total. The Morgan fingerprint density at radius 2 is 1.91 bits per heavy atom. The van der Waals surface area contributed by atoms with E-state index in [1.165, 1.54) is 30.3 Å². The van der Waals surface area contributed by atoms with E-state index in [4.69, 9.17) is 14.2 Å². The first-order chi connectivity index (χ1) is 15.2. The fourth-order valence-electron chi connectivity index (χ4n) is 3.40.